The van der Waals surface area contributed by atoms with Crippen LogP contribution >= 0.6 is 11.6 Å². The molecule has 1 aromatic carbocycles. The van der Waals surface area contributed by atoms with E-state index in [0.29, 0.717) is 30.4 Å². The van der Waals surface area contributed by atoms with Gasteiger partial charge in [-0.25, -0.2) is 0 Å². The number of unbranched alkanes of at least 4 members (excludes halogenated alkanes) is 2. The van der Waals surface area contributed by atoms with Crippen molar-refractivity contribution in [2.45, 2.75) is 102 Å². The molecule has 2 unspecified atom stereocenters. The Labute approximate surface area is 244 Å². The highest BCUT2D eigenvalue weighted by atomic mass is 35.5. The lowest BCUT2D eigenvalue weighted by molar-refractivity contribution is -0.193. The van der Waals surface area contributed by atoms with Crippen LogP contribution in [-0.2, 0) is 18.9 Å². The van der Waals surface area contributed by atoms with Gasteiger partial charge in [-0.15, -0.1) is 0 Å². The van der Waals surface area contributed by atoms with Crippen LogP contribution in [0.15, 0.2) is 48.6 Å². The number of aliphatic hydroxyl groups is 2. The quantitative estimate of drug-likeness (QED) is 0.189. The Balaban J connectivity index is 1.46. The molecule has 0 aromatic heterocycles. The van der Waals surface area contributed by atoms with Gasteiger partial charge in [0.25, 0.3) is 0 Å². The first-order chi connectivity index (χ1) is 19.6. The second kappa shape index (κ2) is 17.5. The SMILES string of the molecule is OCCCCC=CC[C@@H]1[C@@H](C=C[C@H](COc2cccc(Cl)c2)OC2CCCCO2)[C@H](OC2CCCCO2)C[C@@H]1O. The monoisotopic (exact) mass is 578 g/mol. The lowest BCUT2D eigenvalue weighted by Crippen LogP contribution is -2.32. The first-order valence-corrected chi connectivity index (χ1v) is 15.5. The molecular weight excluding hydrogens is 532 g/mol. The van der Waals surface area contributed by atoms with E-state index in [4.69, 9.17) is 40.4 Å². The molecule has 1 aliphatic carbocycles. The van der Waals surface area contributed by atoms with Gasteiger partial charge in [-0.2, -0.15) is 0 Å². The first kappa shape index (κ1) is 31.5. The number of hydrogen-bond acceptors (Lipinski definition) is 7. The van der Waals surface area contributed by atoms with Gasteiger partial charge < -0.3 is 33.9 Å². The van der Waals surface area contributed by atoms with E-state index < -0.39 is 6.10 Å². The van der Waals surface area contributed by atoms with Crippen molar-refractivity contribution in [3.8, 4) is 5.75 Å². The molecule has 2 saturated heterocycles. The van der Waals surface area contributed by atoms with E-state index in [1.54, 1.807) is 6.07 Å². The molecule has 8 heteroatoms. The Morgan fingerprint density at radius 2 is 1.82 bits per heavy atom. The maximum absolute atomic E-state index is 11.1. The third-order valence-electron chi connectivity index (χ3n) is 7.93. The summed E-state index contributed by atoms with van der Waals surface area (Å²) in [6.07, 6.45) is 17.2. The summed E-state index contributed by atoms with van der Waals surface area (Å²) >= 11 is 6.16. The van der Waals surface area contributed by atoms with Crippen LogP contribution in [0.3, 0.4) is 0 Å². The largest absolute Gasteiger partial charge is 0.490 e. The summed E-state index contributed by atoms with van der Waals surface area (Å²) in [5.74, 6) is 0.724. The number of rotatable bonds is 15. The molecule has 1 aromatic rings. The molecule has 224 valence electrons. The summed E-state index contributed by atoms with van der Waals surface area (Å²) in [6, 6.07) is 7.36. The molecule has 7 atom stereocenters. The molecule has 4 rings (SSSR count). The normalized spacial score (nSPS) is 30.3. The van der Waals surface area contributed by atoms with Gasteiger partial charge in [-0.05, 0) is 88.3 Å². The summed E-state index contributed by atoms with van der Waals surface area (Å²) < 4.78 is 30.6. The fourth-order valence-corrected chi connectivity index (χ4v) is 5.91. The lowest BCUT2D eigenvalue weighted by atomic mass is 9.89. The van der Waals surface area contributed by atoms with E-state index in [9.17, 15) is 5.11 Å². The Morgan fingerprint density at radius 1 is 1.02 bits per heavy atom. The van der Waals surface area contributed by atoms with Crippen molar-refractivity contribution in [2.24, 2.45) is 11.8 Å². The van der Waals surface area contributed by atoms with Crippen molar-refractivity contribution in [1.29, 1.82) is 0 Å². The van der Waals surface area contributed by atoms with Gasteiger partial charge in [0.2, 0.25) is 0 Å². The smallest absolute Gasteiger partial charge is 0.158 e. The van der Waals surface area contributed by atoms with Gasteiger partial charge in [0.05, 0.1) is 12.2 Å². The lowest BCUT2D eigenvalue weighted by Gasteiger charge is -2.30. The average Bonchev–Trinajstić information content (AvgIpc) is 3.26. The maximum atomic E-state index is 11.1. The summed E-state index contributed by atoms with van der Waals surface area (Å²) in [5, 5.41) is 20.7. The second-order valence-electron chi connectivity index (χ2n) is 11.1. The molecule has 2 heterocycles. The van der Waals surface area contributed by atoms with Crippen LogP contribution in [0.4, 0.5) is 0 Å². The highest BCUT2D eigenvalue weighted by Gasteiger charge is 2.42. The minimum atomic E-state index is -0.464. The van der Waals surface area contributed by atoms with Crippen LogP contribution in [-0.4, -0.2) is 67.5 Å². The van der Waals surface area contributed by atoms with Crippen LogP contribution in [0.5, 0.6) is 5.75 Å². The molecule has 1 saturated carbocycles. The summed E-state index contributed by atoms with van der Waals surface area (Å²) in [7, 11) is 0. The van der Waals surface area contributed by atoms with Gasteiger partial charge >= 0.3 is 0 Å². The van der Waals surface area contributed by atoms with Gasteiger partial charge in [0, 0.05) is 37.2 Å². The number of ether oxygens (including phenoxy) is 5. The minimum Gasteiger partial charge on any atom is -0.490 e. The molecule has 0 spiro atoms. The number of benzene rings is 1. The van der Waals surface area contributed by atoms with Crippen molar-refractivity contribution in [1.82, 2.24) is 0 Å². The Hall–Kier alpha value is -1.45. The van der Waals surface area contributed by atoms with Gasteiger partial charge in [0.15, 0.2) is 12.6 Å². The zero-order chi connectivity index (χ0) is 28.0. The number of hydrogen-bond donors (Lipinski definition) is 2. The molecule has 3 aliphatic rings. The topological polar surface area (TPSA) is 86.6 Å². The highest BCUT2D eigenvalue weighted by molar-refractivity contribution is 6.30. The third-order valence-corrected chi connectivity index (χ3v) is 8.17. The molecule has 0 amide bonds. The van der Waals surface area contributed by atoms with Crippen molar-refractivity contribution >= 4 is 11.6 Å². The van der Waals surface area contributed by atoms with Crippen LogP contribution in [0.1, 0.15) is 70.6 Å². The average molecular weight is 579 g/mol. The first-order valence-electron chi connectivity index (χ1n) is 15.2. The zero-order valence-corrected chi connectivity index (χ0v) is 24.3. The molecule has 3 fully saturated rings. The standard InChI is InChI=1S/C32H47ClO7/c33-24-11-10-12-25(21-24)38-23-26(39-31-14-5-8-19-36-31)16-17-28-27(13-4-2-1-3-7-18-34)29(35)22-30(28)40-32-15-6-9-20-37-32/h2,4,10-12,16-17,21,26-32,34-35H,1,3,5-9,13-15,18-20,22-23H2/t26-,27-,28-,29+,30-,31?,32?/m1/s1. The van der Waals surface area contributed by atoms with Gasteiger partial charge in [-0.1, -0.05) is 42.0 Å². The summed E-state index contributed by atoms with van der Waals surface area (Å²) in [4.78, 5) is 0. The molecule has 7 nitrogen and oxygen atoms in total. The van der Waals surface area contributed by atoms with E-state index in [0.717, 1.165) is 70.8 Å². The van der Waals surface area contributed by atoms with E-state index in [-0.39, 0.29) is 43.2 Å². The summed E-state index contributed by atoms with van der Waals surface area (Å²) in [5.41, 5.74) is 0. The molecule has 0 radical (unpaired) electrons. The maximum Gasteiger partial charge on any atom is 0.158 e. The Bertz CT molecular complexity index is 897. The van der Waals surface area contributed by atoms with E-state index in [2.05, 4.69) is 24.3 Å². The molecule has 0 bridgehead atoms. The molecule has 2 aliphatic heterocycles. The minimum absolute atomic E-state index is 0.00663. The van der Waals surface area contributed by atoms with Crippen LogP contribution in [0.25, 0.3) is 0 Å². The number of halogens is 1. The van der Waals surface area contributed by atoms with Crippen molar-refractivity contribution < 1.29 is 33.9 Å². The van der Waals surface area contributed by atoms with Crippen LogP contribution in [0.2, 0.25) is 5.02 Å². The second-order valence-corrected chi connectivity index (χ2v) is 11.5. The summed E-state index contributed by atoms with van der Waals surface area (Å²) in [6.45, 7) is 1.97. The predicted octanol–water partition coefficient (Wildman–Crippen LogP) is 6.20. The van der Waals surface area contributed by atoms with Crippen LogP contribution < -0.4 is 4.74 Å². The van der Waals surface area contributed by atoms with Crippen molar-refractivity contribution in [3.63, 3.8) is 0 Å². The number of aliphatic hydroxyl groups excluding tert-OH is 2. The van der Waals surface area contributed by atoms with Crippen molar-refractivity contribution in [3.05, 3.63) is 53.6 Å². The van der Waals surface area contributed by atoms with E-state index >= 15 is 0 Å². The zero-order valence-electron chi connectivity index (χ0n) is 23.6. The van der Waals surface area contributed by atoms with Crippen LogP contribution in [0, 0.1) is 11.8 Å². The molecule has 40 heavy (non-hydrogen) atoms. The molecule has 2 N–H and O–H groups in total. The van der Waals surface area contributed by atoms with Gasteiger partial charge in [-0.3, -0.25) is 0 Å². The fraction of sp³-hybridized carbons (Fsp3) is 0.688. The Morgan fingerprint density at radius 3 is 2.55 bits per heavy atom. The predicted molar refractivity (Wildman–Crippen MR) is 155 cm³/mol. The Kier molecular flexibility index (Phi) is 13.8. The fourth-order valence-electron chi connectivity index (χ4n) is 5.73. The third kappa shape index (κ3) is 10.4. The number of allylic oxidation sites excluding steroid dienone is 2. The van der Waals surface area contributed by atoms with E-state index in [1.807, 2.05) is 18.2 Å². The highest BCUT2D eigenvalue weighted by Crippen LogP contribution is 2.39. The van der Waals surface area contributed by atoms with E-state index in [1.165, 1.54) is 0 Å². The van der Waals surface area contributed by atoms with Gasteiger partial charge in [0.1, 0.15) is 18.5 Å². The van der Waals surface area contributed by atoms with Crippen molar-refractivity contribution in [2.75, 3.05) is 26.4 Å². The molecular formula is C32H47ClO7.